The highest BCUT2D eigenvalue weighted by atomic mass is 16.5. The van der Waals surface area contributed by atoms with Gasteiger partial charge in [0.2, 0.25) is 0 Å². The van der Waals surface area contributed by atoms with E-state index >= 15 is 0 Å². The van der Waals surface area contributed by atoms with Gasteiger partial charge in [-0.3, -0.25) is 9.69 Å². The molecule has 1 amide bonds. The Bertz CT molecular complexity index is 1140. The number of ether oxygens (including phenoxy) is 4. The minimum atomic E-state index is -0.149. The number of hydrogen-bond donors (Lipinski definition) is 1. The van der Waals surface area contributed by atoms with Crippen LogP contribution in [0.3, 0.4) is 0 Å². The summed E-state index contributed by atoms with van der Waals surface area (Å²) in [6.07, 6.45) is 3.98. The van der Waals surface area contributed by atoms with Gasteiger partial charge in [0, 0.05) is 31.3 Å². The summed E-state index contributed by atoms with van der Waals surface area (Å²) in [7, 11) is 4.94. The smallest absolute Gasteiger partial charge is 0.257 e. The predicted octanol–water partition coefficient (Wildman–Crippen LogP) is 4.90. The van der Waals surface area contributed by atoms with Gasteiger partial charge in [0.25, 0.3) is 5.91 Å². The fourth-order valence-corrected chi connectivity index (χ4v) is 3.77. The van der Waals surface area contributed by atoms with Crippen LogP contribution in [0.5, 0.6) is 23.0 Å². The van der Waals surface area contributed by atoms with E-state index in [9.17, 15) is 4.79 Å². The highest BCUT2D eigenvalue weighted by Crippen LogP contribution is 2.24. The largest absolute Gasteiger partial charge is 0.497 e. The molecule has 3 rings (SSSR count). The third kappa shape index (κ3) is 8.88. The molecule has 0 atom stereocenters. The number of amides is 1. The van der Waals surface area contributed by atoms with Crippen LogP contribution in [0, 0.1) is 0 Å². The minimum Gasteiger partial charge on any atom is -0.497 e. The Labute approximate surface area is 219 Å². The molecule has 0 aliphatic heterocycles. The zero-order chi connectivity index (χ0) is 26.5. The molecule has 0 aromatic heterocycles. The van der Waals surface area contributed by atoms with Crippen LogP contribution < -0.4 is 24.3 Å². The van der Waals surface area contributed by atoms with Gasteiger partial charge in [-0.1, -0.05) is 49.4 Å². The van der Waals surface area contributed by atoms with Crippen molar-refractivity contribution in [3.05, 3.63) is 83.4 Å². The minimum absolute atomic E-state index is 0.0303. The van der Waals surface area contributed by atoms with E-state index in [-0.39, 0.29) is 12.5 Å². The maximum Gasteiger partial charge on any atom is 0.257 e. The van der Waals surface area contributed by atoms with Crippen molar-refractivity contribution in [1.29, 1.82) is 0 Å². The summed E-state index contributed by atoms with van der Waals surface area (Å²) in [5.41, 5.74) is 3.11. The number of likely N-dealkylation sites (N-methyl/N-ethyl adjacent to an activating group) is 1. The van der Waals surface area contributed by atoms with Gasteiger partial charge < -0.3 is 24.3 Å². The third-order valence-electron chi connectivity index (χ3n) is 5.88. The Morgan fingerprint density at radius 1 is 0.838 bits per heavy atom. The number of rotatable bonds is 14. The van der Waals surface area contributed by atoms with E-state index in [1.807, 2.05) is 72.8 Å². The average Bonchev–Trinajstić information content (AvgIpc) is 2.94. The summed E-state index contributed by atoms with van der Waals surface area (Å²) in [5.74, 6) is 2.84. The van der Waals surface area contributed by atoms with Crippen LogP contribution in [0.2, 0.25) is 0 Å². The Kier molecular flexibility index (Phi) is 10.9. The summed E-state index contributed by atoms with van der Waals surface area (Å²) < 4.78 is 21.7. The summed E-state index contributed by atoms with van der Waals surface area (Å²) in [6.45, 7) is 4.99. The van der Waals surface area contributed by atoms with E-state index in [1.54, 1.807) is 21.3 Å². The van der Waals surface area contributed by atoms with Gasteiger partial charge in [0.15, 0.2) is 6.61 Å². The molecule has 7 nitrogen and oxygen atoms in total. The number of nitrogens with one attached hydrogen (secondary N) is 1. The van der Waals surface area contributed by atoms with Crippen molar-refractivity contribution in [1.82, 2.24) is 10.2 Å². The number of para-hydroxylation sites is 1. The first-order chi connectivity index (χ1) is 18.0. The lowest BCUT2D eigenvalue weighted by molar-refractivity contribution is -0.123. The van der Waals surface area contributed by atoms with Gasteiger partial charge in [-0.05, 0) is 48.0 Å². The van der Waals surface area contributed by atoms with Crippen LogP contribution in [-0.2, 0) is 11.3 Å². The van der Waals surface area contributed by atoms with Crippen LogP contribution in [-0.4, -0.2) is 58.4 Å². The molecule has 0 fully saturated rings. The average molecular weight is 505 g/mol. The molecule has 0 saturated carbocycles. The molecule has 37 heavy (non-hydrogen) atoms. The van der Waals surface area contributed by atoms with Crippen molar-refractivity contribution in [3.8, 4) is 23.0 Å². The van der Waals surface area contributed by atoms with Gasteiger partial charge >= 0.3 is 0 Å². The first kappa shape index (κ1) is 27.6. The van der Waals surface area contributed by atoms with E-state index in [0.29, 0.717) is 12.3 Å². The summed E-state index contributed by atoms with van der Waals surface area (Å²) in [4.78, 5) is 14.5. The second kappa shape index (κ2) is 14.6. The lowest BCUT2D eigenvalue weighted by Crippen LogP contribution is -2.36. The van der Waals surface area contributed by atoms with Gasteiger partial charge in [0.05, 0.1) is 21.3 Å². The van der Waals surface area contributed by atoms with Crippen molar-refractivity contribution < 1.29 is 23.7 Å². The number of methoxy groups -OCH3 is 3. The van der Waals surface area contributed by atoms with Crippen LogP contribution in [0.25, 0.3) is 12.2 Å². The molecule has 3 aromatic carbocycles. The lowest BCUT2D eigenvalue weighted by Gasteiger charge is -2.21. The van der Waals surface area contributed by atoms with Gasteiger partial charge in [-0.15, -0.1) is 0 Å². The Balaban J connectivity index is 1.43. The second-order valence-corrected chi connectivity index (χ2v) is 8.37. The molecule has 0 radical (unpaired) electrons. The molecule has 0 aliphatic rings. The summed E-state index contributed by atoms with van der Waals surface area (Å²) in [5, 5.41) is 2.93. The van der Waals surface area contributed by atoms with Crippen molar-refractivity contribution in [2.75, 3.05) is 47.6 Å². The number of carbonyl (C=O) groups is 1. The molecule has 0 bridgehead atoms. The molecule has 0 aliphatic carbocycles. The first-order valence-electron chi connectivity index (χ1n) is 12.3. The van der Waals surface area contributed by atoms with E-state index in [4.69, 9.17) is 18.9 Å². The molecule has 0 heterocycles. The molecule has 0 saturated heterocycles. The van der Waals surface area contributed by atoms with Crippen LogP contribution in [0.15, 0.2) is 66.7 Å². The van der Waals surface area contributed by atoms with E-state index in [2.05, 4.69) is 23.2 Å². The van der Waals surface area contributed by atoms with Crippen molar-refractivity contribution in [2.24, 2.45) is 0 Å². The van der Waals surface area contributed by atoms with E-state index < -0.39 is 0 Å². The van der Waals surface area contributed by atoms with Gasteiger partial charge in [-0.25, -0.2) is 0 Å². The zero-order valence-corrected chi connectivity index (χ0v) is 22.0. The zero-order valence-electron chi connectivity index (χ0n) is 22.0. The molecular weight excluding hydrogens is 468 g/mol. The van der Waals surface area contributed by atoms with E-state index in [1.165, 1.54) is 0 Å². The molecule has 7 heteroatoms. The highest BCUT2D eigenvalue weighted by molar-refractivity contribution is 5.77. The lowest BCUT2D eigenvalue weighted by atomic mass is 10.1. The normalized spacial score (nSPS) is 10.9. The molecule has 196 valence electrons. The second-order valence-electron chi connectivity index (χ2n) is 8.37. The van der Waals surface area contributed by atoms with Crippen molar-refractivity contribution in [3.63, 3.8) is 0 Å². The first-order valence-corrected chi connectivity index (χ1v) is 12.3. The summed E-state index contributed by atoms with van der Waals surface area (Å²) in [6, 6.07) is 21.3. The standard InChI is InChI=1S/C30H36N2O5/c1-5-32(21-25-8-6-7-9-29(25)36-4)17-16-31-30(33)22-37-26-14-12-23(13-15-26)10-11-24-18-27(34-2)20-28(19-24)35-3/h6-15,18-20H,5,16-17,21-22H2,1-4H3,(H,31,33)/b11-10+. The fraction of sp³-hybridized carbons (Fsp3) is 0.300. The topological polar surface area (TPSA) is 69.3 Å². The highest BCUT2D eigenvalue weighted by Gasteiger charge is 2.09. The molecule has 1 N–H and O–H groups in total. The van der Waals surface area contributed by atoms with E-state index in [0.717, 1.165) is 53.6 Å². The molecule has 0 spiro atoms. The molecular formula is C30H36N2O5. The molecule has 0 unspecified atom stereocenters. The number of carbonyl (C=O) groups excluding carboxylic acids is 1. The number of hydrogen-bond acceptors (Lipinski definition) is 6. The van der Waals surface area contributed by atoms with Gasteiger partial charge in [0.1, 0.15) is 23.0 Å². The summed E-state index contributed by atoms with van der Waals surface area (Å²) >= 11 is 0. The van der Waals surface area contributed by atoms with Crippen molar-refractivity contribution >= 4 is 18.1 Å². The Morgan fingerprint density at radius 2 is 1.51 bits per heavy atom. The SMILES string of the molecule is CCN(CCNC(=O)COc1ccc(/C=C/c2cc(OC)cc(OC)c2)cc1)Cc1ccccc1OC. The monoisotopic (exact) mass is 504 g/mol. The third-order valence-corrected chi connectivity index (χ3v) is 5.88. The van der Waals surface area contributed by atoms with Crippen LogP contribution >= 0.6 is 0 Å². The number of nitrogens with zero attached hydrogens (tertiary/aromatic N) is 1. The number of benzene rings is 3. The van der Waals surface area contributed by atoms with Gasteiger partial charge in [-0.2, -0.15) is 0 Å². The maximum atomic E-state index is 12.3. The Hall–Kier alpha value is -3.97. The van der Waals surface area contributed by atoms with Crippen molar-refractivity contribution in [2.45, 2.75) is 13.5 Å². The molecule has 3 aromatic rings. The van der Waals surface area contributed by atoms with Crippen LogP contribution in [0.4, 0.5) is 0 Å². The predicted molar refractivity (Wildman–Crippen MR) is 147 cm³/mol. The maximum absolute atomic E-state index is 12.3. The quantitative estimate of drug-likeness (QED) is 0.315. The Morgan fingerprint density at radius 3 is 2.16 bits per heavy atom. The van der Waals surface area contributed by atoms with Crippen LogP contribution in [0.1, 0.15) is 23.6 Å². The fourth-order valence-electron chi connectivity index (χ4n) is 3.77.